The van der Waals surface area contributed by atoms with Crippen LogP contribution in [0.15, 0.2) is 85.1 Å². The third kappa shape index (κ3) is 57.4. The van der Waals surface area contributed by atoms with Gasteiger partial charge in [0.25, 0.3) is 0 Å². The van der Waals surface area contributed by atoms with Crippen molar-refractivity contribution < 1.29 is 28.6 Å². The lowest BCUT2D eigenvalue weighted by Gasteiger charge is -2.18. The Balaban J connectivity index is 4.34. The van der Waals surface area contributed by atoms with E-state index in [1.165, 1.54) is 154 Å². The van der Waals surface area contributed by atoms with Gasteiger partial charge in [0.1, 0.15) is 13.2 Å². The Morgan fingerprint density at radius 3 is 0.887 bits per heavy atom. The second kappa shape index (κ2) is 59.2. The molecule has 71 heavy (non-hydrogen) atoms. The molecule has 0 bridgehead atoms. The maximum absolute atomic E-state index is 12.8. The van der Waals surface area contributed by atoms with Gasteiger partial charge in [-0.25, -0.2) is 0 Å². The van der Waals surface area contributed by atoms with E-state index >= 15 is 0 Å². The molecule has 1 unspecified atom stereocenters. The Morgan fingerprint density at radius 2 is 0.549 bits per heavy atom. The Hall–Kier alpha value is -3.41. The second-order valence-corrected chi connectivity index (χ2v) is 19.9. The highest BCUT2D eigenvalue weighted by Gasteiger charge is 2.19. The molecule has 0 rings (SSSR count). The van der Waals surface area contributed by atoms with Crippen LogP contribution in [0.3, 0.4) is 0 Å². The van der Waals surface area contributed by atoms with Crippen molar-refractivity contribution in [1.29, 1.82) is 0 Å². The summed E-state index contributed by atoms with van der Waals surface area (Å²) in [7, 11) is 0. The topological polar surface area (TPSA) is 78.9 Å². The van der Waals surface area contributed by atoms with Crippen LogP contribution in [0, 0.1) is 0 Å². The average molecular weight is 990 g/mol. The number of esters is 3. The average Bonchev–Trinajstić information content (AvgIpc) is 3.37. The van der Waals surface area contributed by atoms with Crippen LogP contribution in [0.1, 0.15) is 290 Å². The molecule has 0 aromatic rings. The number of ether oxygens (including phenoxy) is 3. The molecule has 0 spiro atoms. The molecule has 0 fully saturated rings. The van der Waals surface area contributed by atoms with Crippen LogP contribution in [0.5, 0.6) is 0 Å². The van der Waals surface area contributed by atoms with Crippen LogP contribution in [-0.4, -0.2) is 37.2 Å². The molecule has 0 N–H and O–H groups in total. The molecule has 0 saturated heterocycles. The van der Waals surface area contributed by atoms with Crippen molar-refractivity contribution in [2.45, 2.75) is 297 Å². The van der Waals surface area contributed by atoms with Gasteiger partial charge < -0.3 is 14.2 Å². The summed E-state index contributed by atoms with van der Waals surface area (Å²) in [6.07, 6.45) is 77.3. The van der Waals surface area contributed by atoms with Crippen molar-refractivity contribution in [2.75, 3.05) is 13.2 Å². The molecular formula is C65H112O6. The Bertz CT molecular complexity index is 1370. The van der Waals surface area contributed by atoms with Crippen molar-refractivity contribution in [3.8, 4) is 0 Å². The first-order valence-corrected chi connectivity index (χ1v) is 30.1. The van der Waals surface area contributed by atoms with Gasteiger partial charge >= 0.3 is 17.9 Å². The number of hydrogen-bond donors (Lipinski definition) is 0. The highest BCUT2D eigenvalue weighted by atomic mass is 16.6. The van der Waals surface area contributed by atoms with Gasteiger partial charge in [-0.2, -0.15) is 0 Å². The zero-order valence-corrected chi connectivity index (χ0v) is 46.7. The number of carbonyl (C=O) groups is 3. The molecule has 0 aliphatic rings. The monoisotopic (exact) mass is 989 g/mol. The summed E-state index contributed by atoms with van der Waals surface area (Å²) in [6.45, 7) is 6.49. The van der Waals surface area contributed by atoms with Gasteiger partial charge in [0.15, 0.2) is 6.10 Å². The van der Waals surface area contributed by atoms with Gasteiger partial charge in [-0.1, -0.05) is 260 Å². The summed E-state index contributed by atoms with van der Waals surface area (Å²) in [5.41, 5.74) is 0. The molecule has 408 valence electrons. The van der Waals surface area contributed by atoms with Crippen molar-refractivity contribution in [2.24, 2.45) is 0 Å². The zero-order valence-electron chi connectivity index (χ0n) is 46.7. The minimum Gasteiger partial charge on any atom is -0.462 e. The smallest absolute Gasteiger partial charge is 0.306 e. The lowest BCUT2D eigenvalue weighted by molar-refractivity contribution is -0.167. The fourth-order valence-corrected chi connectivity index (χ4v) is 8.38. The molecule has 0 aromatic carbocycles. The summed E-state index contributed by atoms with van der Waals surface area (Å²) < 4.78 is 16.8. The van der Waals surface area contributed by atoms with E-state index in [9.17, 15) is 14.4 Å². The van der Waals surface area contributed by atoms with Crippen LogP contribution in [-0.2, 0) is 28.6 Å². The van der Waals surface area contributed by atoms with Crippen molar-refractivity contribution in [1.82, 2.24) is 0 Å². The van der Waals surface area contributed by atoms with E-state index < -0.39 is 6.10 Å². The Kier molecular flexibility index (Phi) is 56.3. The molecule has 6 heteroatoms. The molecular weight excluding hydrogens is 877 g/mol. The number of carbonyl (C=O) groups excluding carboxylic acids is 3. The van der Waals surface area contributed by atoms with E-state index in [4.69, 9.17) is 14.2 Å². The van der Waals surface area contributed by atoms with E-state index in [1.54, 1.807) is 0 Å². The van der Waals surface area contributed by atoms with Crippen LogP contribution < -0.4 is 0 Å². The van der Waals surface area contributed by atoms with E-state index in [2.05, 4.69) is 106 Å². The van der Waals surface area contributed by atoms with E-state index in [1.807, 2.05) is 0 Å². The van der Waals surface area contributed by atoms with Crippen molar-refractivity contribution in [3.63, 3.8) is 0 Å². The SMILES string of the molecule is CC/C=C\C/C=C\C/C=C\C/C=C\CCCCC(=O)OC(COC(=O)CCCCCCCCCCCC/C=C\C/C=C\C/C=C\CCCCCCC)COC(=O)CCCCCCCCCCCCCCC. The van der Waals surface area contributed by atoms with Crippen LogP contribution in [0.2, 0.25) is 0 Å². The van der Waals surface area contributed by atoms with E-state index in [0.29, 0.717) is 19.3 Å². The normalized spacial score (nSPS) is 12.7. The molecule has 0 amide bonds. The maximum atomic E-state index is 12.8. The van der Waals surface area contributed by atoms with Gasteiger partial charge in [0.05, 0.1) is 0 Å². The van der Waals surface area contributed by atoms with Gasteiger partial charge in [-0.15, -0.1) is 0 Å². The molecule has 6 nitrogen and oxygen atoms in total. The lowest BCUT2D eigenvalue weighted by atomic mass is 10.0. The quantitative estimate of drug-likeness (QED) is 0.0261. The van der Waals surface area contributed by atoms with Gasteiger partial charge in [0.2, 0.25) is 0 Å². The molecule has 0 radical (unpaired) electrons. The van der Waals surface area contributed by atoms with Gasteiger partial charge in [0, 0.05) is 19.3 Å². The second-order valence-electron chi connectivity index (χ2n) is 19.9. The molecule has 0 aliphatic carbocycles. The van der Waals surface area contributed by atoms with E-state index in [-0.39, 0.29) is 37.5 Å². The maximum Gasteiger partial charge on any atom is 0.306 e. The van der Waals surface area contributed by atoms with Gasteiger partial charge in [-0.3, -0.25) is 14.4 Å². The van der Waals surface area contributed by atoms with Crippen molar-refractivity contribution in [3.05, 3.63) is 85.1 Å². The fourth-order valence-electron chi connectivity index (χ4n) is 8.38. The number of allylic oxidation sites excluding steroid dienone is 14. The largest absolute Gasteiger partial charge is 0.462 e. The summed E-state index contributed by atoms with van der Waals surface area (Å²) in [6, 6.07) is 0. The highest BCUT2D eigenvalue weighted by molar-refractivity contribution is 5.71. The molecule has 0 aromatic heterocycles. The number of hydrogen-bond acceptors (Lipinski definition) is 6. The number of unbranched alkanes of at least 4 members (excludes halogenated alkanes) is 29. The summed E-state index contributed by atoms with van der Waals surface area (Å²) in [5, 5.41) is 0. The molecule has 0 saturated carbocycles. The molecule has 0 heterocycles. The standard InChI is InChI=1S/C65H112O6/c1-4-7-10-13-16-19-22-25-27-28-29-30-31-32-33-34-35-36-38-40-43-46-49-52-55-58-64(67)70-61-62(60-69-63(66)57-54-51-48-45-42-39-24-21-18-15-12-9-6-3)71-65(68)59-56-53-50-47-44-41-37-26-23-20-17-14-11-8-5-2/h8,11,17,20,22,25-26,28-29,31-32,37,44,47,62H,4-7,9-10,12-16,18-19,21,23-24,27,30,33-36,38-43,45-46,48-61H2,1-3H3/b11-8-,20-17-,25-22-,29-28-,32-31-,37-26-,47-44-. The van der Waals surface area contributed by atoms with Crippen LogP contribution in [0.25, 0.3) is 0 Å². The molecule has 1 atom stereocenters. The summed E-state index contributed by atoms with van der Waals surface area (Å²) in [4.78, 5) is 38.2. The number of rotatable bonds is 54. The van der Waals surface area contributed by atoms with Crippen molar-refractivity contribution >= 4 is 17.9 Å². The Labute approximate surface area is 439 Å². The first-order valence-electron chi connectivity index (χ1n) is 30.1. The first kappa shape index (κ1) is 67.6. The van der Waals surface area contributed by atoms with E-state index in [0.717, 1.165) is 89.9 Å². The van der Waals surface area contributed by atoms with Crippen LogP contribution >= 0.6 is 0 Å². The minimum atomic E-state index is -0.799. The minimum absolute atomic E-state index is 0.0923. The van der Waals surface area contributed by atoms with Crippen LogP contribution in [0.4, 0.5) is 0 Å². The zero-order chi connectivity index (χ0) is 51.4. The molecule has 0 aliphatic heterocycles. The third-order valence-corrected chi connectivity index (χ3v) is 12.9. The first-order chi connectivity index (χ1) is 35.0. The predicted octanol–water partition coefficient (Wildman–Crippen LogP) is 20.3. The lowest BCUT2D eigenvalue weighted by Crippen LogP contribution is -2.30. The Morgan fingerprint density at radius 1 is 0.296 bits per heavy atom. The predicted molar refractivity (Wildman–Crippen MR) is 307 cm³/mol. The summed E-state index contributed by atoms with van der Waals surface area (Å²) >= 11 is 0. The summed E-state index contributed by atoms with van der Waals surface area (Å²) in [5.74, 6) is -0.930. The third-order valence-electron chi connectivity index (χ3n) is 12.9. The highest BCUT2D eigenvalue weighted by Crippen LogP contribution is 2.16. The van der Waals surface area contributed by atoms with Gasteiger partial charge in [-0.05, 0) is 96.3 Å². The fraction of sp³-hybridized carbons (Fsp3) is 0.738.